The number of benzene rings is 1. The summed E-state index contributed by atoms with van der Waals surface area (Å²) in [4.78, 5) is 11.8. The molecular weight excluding hydrogens is 336 g/mol. The van der Waals surface area contributed by atoms with Crippen molar-refractivity contribution < 1.29 is 8.83 Å². The van der Waals surface area contributed by atoms with Crippen LogP contribution in [0.4, 0.5) is 0 Å². The molecule has 3 rings (SSSR count). The van der Waals surface area contributed by atoms with E-state index in [1.807, 2.05) is 25.1 Å². The molecule has 1 unspecified atom stereocenters. The van der Waals surface area contributed by atoms with Gasteiger partial charge < -0.3 is 14.6 Å². The molecule has 1 aromatic carbocycles. The van der Waals surface area contributed by atoms with E-state index in [0.717, 1.165) is 17.5 Å². The van der Waals surface area contributed by atoms with Crippen molar-refractivity contribution in [2.75, 3.05) is 0 Å². The summed E-state index contributed by atoms with van der Waals surface area (Å²) in [5.41, 5.74) is 8.36. The smallest absolute Gasteiger partial charge is 0.419 e. The number of hydrogen-bond donors (Lipinski definition) is 1. The number of oxazole rings is 1. The number of aromatic nitrogens is 1. The van der Waals surface area contributed by atoms with Gasteiger partial charge in [-0.3, -0.25) is 4.57 Å². The number of halogens is 1. The fourth-order valence-electron chi connectivity index (χ4n) is 2.37. The lowest BCUT2D eigenvalue weighted by atomic mass is 10.1. The maximum atomic E-state index is 11.8. The molecule has 0 aliphatic heterocycles. The van der Waals surface area contributed by atoms with Crippen LogP contribution >= 0.6 is 15.9 Å². The van der Waals surface area contributed by atoms with Crippen LogP contribution in [0.1, 0.15) is 30.7 Å². The highest BCUT2D eigenvalue weighted by atomic mass is 79.9. The average Bonchev–Trinajstić information content (AvgIpc) is 3.02. The highest BCUT2D eigenvalue weighted by molar-refractivity contribution is 9.10. The number of furan rings is 1. The van der Waals surface area contributed by atoms with Crippen molar-refractivity contribution in [2.45, 2.75) is 25.9 Å². The average molecular weight is 351 g/mol. The predicted octanol–water partition coefficient (Wildman–Crippen LogP) is 3.41. The fraction of sp³-hybridized carbons (Fsp3) is 0.267. The lowest BCUT2D eigenvalue weighted by Crippen LogP contribution is -2.13. The van der Waals surface area contributed by atoms with E-state index in [9.17, 15) is 4.79 Å². The Labute approximate surface area is 129 Å². The van der Waals surface area contributed by atoms with Gasteiger partial charge in [-0.15, -0.1) is 0 Å². The monoisotopic (exact) mass is 350 g/mol. The highest BCUT2D eigenvalue weighted by Gasteiger charge is 2.16. The summed E-state index contributed by atoms with van der Waals surface area (Å²) in [5, 5.41) is 0. The topological polar surface area (TPSA) is 74.3 Å². The van der Waals surface area contributed by atoms with Gasteiger partial charge in [0.15, 0.2) is 10.3 Å². The molecule has 21 heavy (non-hydrogen) atoms. The van der Waals surface area contributed by atoms with Crippen molar-refractivity contribution in [3.63, 3.8) is 0 Å². The molecule has 110 valence electrons. The maximum Gasteiger partial charge on any atom is 0.419 e. The summed E-state index contributed by atoms with van der Waals surface area (Å²) >= 11 is 3.26. The lowest BCUT2D eigenvalue weighted by molar-refractivity contribution is 0.470. The molecule has 0 spiro atoms. The van der Waals surface area contributed by atoms with Crippen molar-refractivity contribution in [3.8, 4) is 0 Å². The second-order valence-electron chi connectivity index (χ2n) is 4.87. The maximum absolute atomic E-state index is 11.8. The van der Waals surface area contributed by atoms with Gasteiger partial charge in [0.1, 0.15) is 5.76 Å². The van der Waals surface area contributed by atoms with E-state index < -0.39 is 6.04 Å². The van der Waals surface area contributed by atoms with E-state index in [2.05, 4.69) is 15.9 Å². The quantitative estimate of drug-likeness (QED) is 0.782. The molecule has 1 atom stereocenters. The van der Waals surface area contributed by atoms with Crippen LogP contribution in [0.5, 0.6) is 0 Å². The van der Waals surface area contributed by atoms with Crippen LogP contribution in [0.15, 0.2) is 48.6 Å². The number of nitrogens with zero attached hydrogens (tertiary/aromatic N) is 1. The highest BCUT2D eigenvalue weighted by Crippen LogP contribution is 2.26. The molecule has 0 bridgehead atoms. The van der Waals surface area contributed by atoms with E-state index in [1.54, 1.807) is 16.7 Å². The van der Waals surface area contributed by atoms with E-state index >= 15 is 0 Å². The summed E-state index contributed by atoms with van der Waals surface area (Å²) in [6.45, 7) is 2.66. The number of fused-ring (bicyclic) bond motifs is 1. The Hall–Kier alpha value is -1.79. The number of nitrogens with two attached hydrogens (primary N) is 1. The van der Waals surface area contributed by atoms with Crippen LogP contribution in [-0.4, -0.2) is 4.57 Å². The zero-order chi connectivity index (χ0) is 15.0. The molecule has 5 nitrogen and oxygen atoms in total. The molecule has 0 radical (unpaired) electrons. The van der Waals surface area contributed by atoms with Crippen LogP contribution in [0, 0.1) is 0 Å². The van der Waals surface area contributed by atoms with Crippen LogP contribution in [0.3, 0.4) is 0 Å². The number of aryl methyl sites for hydroxylation is 1. The summed E-state index contributed by atoms with van der Waals surface area (Å²) in [6.07, 6.45) is 0.871. The van der Waals surface area contributed by atoms with Crippen molar-refractivity contribution in [2.24, 2.45) is 5.73 Å². The minimum Gasteiger partial charge on any atom is -0.452 e. The van der Waals surface area contributed by atoms with Gasteiger partial charge in [0.25, 0.3) is 0 Å². The third-order valence-electron chi connectivity index (χ3n) is 3.40. The molecule has 0 fully saturated rings. The molecule has 0 amide bonds. The first-order valence-corrected chi connectivity index (χ1v) is 7.53. The first-order valence-electron chi connectivity index (χ1n) is 6.74. The third kappa shape index (κ3) is 2.56. The molecule has 0 saturated heterocycles. The zero-order valence-electron chi connectivity index (χ0n) is 11.5. The van der Waals surface area contributed by atoms with Crippen LogP contribution < -0.4 is 11.5 Å². The van der Waals surface area contributed by atoms with Crippen molar-refractivity contribution >= 4 is 27.0 Å². The summed E-state index contributed by atoms with van der Waals surface area (Å²) in [7, 11) is 0. The standard InChI is InChI=1S/C15H15BrN2O3/c1-2-7-18-10-4-3-9(8-12(10)21-15(18)19)14(17)11-5-6-13(16)20-11/h3-6,8,14H,2,7,17H2,1H3. The van der Waals surface area contributed by atoms with Crippen LogP contribution in [-0.2, 0) is 6.54 Å². The second-order valence-corrected chi connectivity index (χ2v) is 5.65. The van der Waals surface area contributed by atoms with Gasteiger partial charge in [-0.2, -0.15) is 0 Å². The van der Waals surface area contributed by atoms with Crippen molar-refractivity contribution in [1.29, 1.82) is 0 Å². The molecular formula is C15H15BrN2O3. The van der Waals surface area contributed by atoms with E-state index in [-0.39, 0.29) is 5.76 Å². The Kier molecular flexibility index (Phi) is 3.73. The second kappa shape index (κ2) is 5.54. The fourth-order valence-corrected chi connectivity index (χ4v) is 2.69. The minimum absolute atomic E-state index is 0.335. The van der Waals surface area contributed by atoms with E-state index in [4.69, 9.17) is 14.6 Å². The zero-order valence-corrected chi connectivity index (χ0v) is 13.1. The normalized spacial score (nSPS) is 12.9. The first-order chi connectivity index (χ1) is 10.1. The Morgan fingerprint density at radius 3 is 2.76 bits per heavy atom. The van der Waals surface area contributed by atoms with Gasteiger partial charge in [-0.1, -0.05) is 13.0 Å². The Morgan fingerprint density at radius 2 is 2.10 bits per heavy atom. The first kappa shape index (κ1) is 14.2. The Bertz CT molecular complexity index is 831. The van der Waals surface area contributed by atoms with Gasteiger partial charge in [0, 0.05) is 6.54 Å². The van der Waals surface area contributed by atoms with E-state index in [0.29, 0.717) is 22.6 Å². The van der Waals surface area contributed by atoms with Crippen LogP contribution in [0.25, 0.3) is 11.1 Å². The number of rotatable bonds is 4. The third-order valence-corrected chi connectivity index (χ3v) is 3.83. The molecule has 2 heterocycles. The van der Waals surface area contributed by atoms with Crippen molar-refractivity contribution in [3.05, 3.63) is 56.9 Å². The molecule has 0 aliphatic carbocycles. The Morgan fingerprint density at radius 1 is 1.29 bits per heavy atom. The summed E-state index contributed by atoms with van der Waals surface area (Å²) in [6, 6.07) is 8.76. The minimum atomic E-state index is -0.402. The molecule has 2 aromatic heterocycles. The van der Waals surface area contributed by atoms with Gasteiger partial charge in [0.05, 0.1) is 11.6 Å². The molecule has 3 aromatic rings. The Balaban J connectivity index is 2.03. The predicted molar refractivity (Wildman–Crippen MR) is 83.2 cm³/mol. The van der Waals surface area contributed by atoms with Crippen molar-refractivity contribution in [1.82, 2.24) is 4.57 Å². The van der Waals surface area contributed by atoms with Crippen LogP contribution in [0.2, 0.25) is 0 Å². The molecule has 0 saturated carbocycles. The van der Waals surface area contributed by atoms with E-state index in [1.165, 1.54) is 0 Å². The van der Waals surface area contributed by atoms with Gasteiger partial charge in [0.2, 0.25) is 0 Å². The summed E-state index contributed by atoms with van der Waals surface area (Å²) < 4.78 is 13.0. The summed E-state index contributed by atoms with van der Waals surface area (Å²) in [5.74, 6) is 0.315. The largest absolute Gasteiger partial charge is 0.452 e. The van der Waals surface area contributed by atoms with Gasteiger partial charge >= 0.3 is 5.76 Å². The number of hydrogen-bond acceptors (Lipinski definition) is 4. The van der Waals surface area contributed by atoms with Gasteiger partial charge in [-0.25, -0.2) is 4.79 Å². The molecule has 6 heteroatoms. The van der Waals surface area contributed by atoms with Gasteiger partial charge in [-0.05, 0) is 52.2 Å². The molecule has 2 N–H and O–H groups in total. The molecule has 0 aliphatic rings. The SMILES string of the molecule is CCCn1c(=O)oc2cc(C(N)c3ccc(Br)o3)ccc21. The lowest BCUT2D eigenvalue weighted by Gasteiger charge is -2.09.